The Morgan fingerprint density at radius 3 is 2.95 bits per heavy atom. The molecule has 4 nitrogen and oxygen atoms in total. The third-order valence-electron chi connectivity index (χ3n) is 4.06. The molecule has 2 N–H and O–H groups in total. The van der Waals surface area contributed by atoms with Crippen LogP contribution < -0.4 is 10.6 Å². The first-order chi connectivity index (χ1) is 10.2. The van der Waals surface area contributed by atoms with E-state index in [1.54, 1.807) is 6.26 Å². The van der Waals surface area contributed by atoms with Gasteiger partial charge in [-0.3, -0.25) is 4.79 Å². The van der Waals surface area contributed by atoms with E-state index in [9.17, 15) is 4.79 Å². The Morgan fingerprint density at radius 1 is 1.33 bits per heavy atom. The van der Waals surface area contributed by atoms with Crippen LogP contribution in [0.4, 0.5) is 5.69 Å². The number of rotatable bonds is 4. The summed E-state index contributed by atoms with van der Waals surface area (Å²) in [6, 6.07) is 8.39. The van der Waals surface area contributed by atoms with Crippen LogP contribution in [0, 0.1) is 0 Å². The SMILES string of the molecule is CCc1occc1C(NC)c1ccc2c(c1)CCC(=O)N2. The topological polar surface area (TPSA) is 54.3 Å². The van der Waals surface area contributed by atoms with Crippen LogP contribution in [-0.2, 0) is 17.6 Å². The van der Waals surface area contributed by atoms with Gasteiger partial charge in [-0.25, -0.2) is 0 Å². The highest BCUT2D eigenvalue weighted by atomic mass is 16.3. The Balaban J connectivity index is 1.97. The van der Waals surface area contributed by atoms with Gasteiger partial charge in [0.05, 0.1) is 12.3 Å². The van der Waals surface area contributed by atoms with Crippen LogP contribution in [0.2, 0.25) is 0 Å². The molecule has 0 spiro atoms. The highest BCUT2D eigenvalue weighted by Crippen LogP contribution is 2.30. The average Bonchev–Trinajstić information content (AvgIpc) is 2.96. The minimum atomic E-state index is 0.100. The maximum absolute atomic E-state index is 11.4. The van der Waals surface area contributed by atoms with Gasteiger partial charge in [-0.2, -0.15) is 0 Å². The molecule has 1 aliphatic heterocycles. The number of anilines is 1. The highest BCUT2D eigenvalue weighted by Gasteiger charge is 2.20. The first-order valence-corrected chi connectivity index (χ1v) is 7.39. The third-order valence-corrected chi connectivity index (χ3v) is 4.06. The van der Waals surface area contributed by atoms with Crippen LogP contribution in [0.3, 0.4) is 0 Å². The van der Waals surface area contributed by atoms with Crippen LogP contribution in [0.1, 0.15) is 41.8 Å². The summed E-state index contributed by atoms with van der Waals surface area (Å²) in [6.07, 6.45) is 3.99. The fourth-order valence-corrected chi connectivity index (χ4v) is 2.98. The molecule has 1 aliphatic rings. The summed E-state index contributed by atoms with van der Waals surface area (Å²) in [5.41, 5.74) is 4.52. The molecule has 0 saturated heterocycles. The number of fused-ring (bicyclic) bond motifs is 1. The van der Waals surface area contributed by atoms with E-state index in [1.165, 1.54) is 16.7 Å². The fraction of sp³-hybridized carbons (Fsp3) is 0.353. The molecular formula is C17H20N2O2. The monoisotopic (exact) mass is 284 g/mol. The quantitative estimate of drug-likeness (QED) is 0.907. The van der Waals surface area contributed by atoms with E-state index in [1.807, 2.05) is 19.2 Å². The first kappa shape index (κ1) is 13.9. The van der Waals surface area contributed by atoms with Crippen LogP contribution >= 0.6 is 0 Å². The lowest BCUT2D eigenvalue weighted by Crippen LogP contribution is -2.21. The predicted molar refractivity (Wildman–Crippen MR) is 82.4 cm³/mol. The van der Waals surface area contributed by atoms with Gasteiger partial charge in [0.2, 0.25) is 5.91 Å². The summed E-state index contributed by atoms with van der Waals surface area (Å²) in [5.74, 6) is 1.11. The number of hydrogen-bond acceptors (Lipinski definition) is 3. The maximum Gasteiger partial charge on any atom is 0.224 e. The van der Waals surface area contributed by atoms with Gasteiger partial charge < -0.3 is 15.1 Å². The van der Waals surface area contributed by atoms with Gasteiger partial charge in [0, 0.05) is 24.1 Å². The zero-order chi connectivity index (χ0) is 14.8. The number of amides is 1. The van der Waals surface area contributed by atoms with Gasteiger partial charge in [-0.15, -0.1) is 0 Å². The molecule has 110 valence electrons. The Morgan fingerprint density at radius 2 is 2.19 bits per heavy atom. The van der Waals surface area contributed by atoms with Gasteiger partial charge in [0.1, 0.15) is 5.76 Å². The Bertz CT molecular complexity index is 661. The normalized spacial score (nSPS) is 15.4. The highest BCUT2D eigenvalue weighted by molar-refractivity contribution is 5.93. The number of aryl methyl sites for hydroxylation is 2. The summed E-state index contributed by atoms with van der Waals surface area (Å²) in [7, 11) is 1.96. The third kappa shape index (κ3) is 2.59. The van der Waals surface area contributed by atoms with E-state index in [0.717, 1.165) is 24.3 Å². The van der Waals surface area contributed by atoms with Crippen molar-refractivity contribution in [2.75, 3.05) is 12.4 Å². The second kappa shape index (κ2) is 5.74. The molecule has 3 rings (SSSR count). The van der Waals surface area contributed by atoms with E-state index in [4.69, 9.17) is 4.42 Å². The van der Waals surface area contributed by atoms with Crippen LogP contribution in [-0.4, -0.2) is 13.0 Å². The fourth-order valence-electron chi connectivity index (χ4n) is 2.98. The van der Waals surface area contributed by atoms with Crippen LogP contribution in [0.25, 0.3) is 0 Å². The van der Waals surface area contributed by atoms with Gasteiger partial charge in [-0.05, 0) is 36.7 Å². The lowest BCUT2D eigenvalue weighted by molar-refractivity contribution is -0.116. The van der Waals surface area contributed by atoms with Crippen LogP contribution in [0.15, 0.2) is 34.9 Å². The van der Waals surface area contributed by atoms with Crippen molar-refractivity contribution in [1.82, 2.24) is 5.32 Å². The molecule has 0 bridgehead atoms. The second-order valence-corrected chi connectivity index (χ2v) is 5.34. The molecule has 0 aliphatic carbocycles. The minimum absolute atomic E-state index is 0.100. The van der Waals surface area contributed by atoms with Crippen molar-refractivity contribution in [3.63, 3.8) is 0 Å². The number of carbonyl (C=O) groups excluding carboxylic acids is 1. The molecule has 1 amide bonds. The zero-order valence-corrected chi connectivity index (χ0v) is 12.4. The number of hydrogen-bond donors (Lipinski definition) is 2. The number of carbonyl (C=O) groups is 1. The molecule has 2 aromatic rings. The van der Waals surface area contributed by atoms with E-state index >= 15 is 0 Å². The van der Waals surface area contributed by atoms with Crippen molar-refractivity contribution in [3.05, 3.63) is 53.0 Å². The lowest BCUT2D eigenvalue weighted by Gasteiger charge is -2.21. The number of furan rings is 1. The maximum atomic E-state index is 11.4. The Labute approximate surface area is 124 Å². The number of benzene rings is 1. The Kier molecular flexibility index (Phi) is 3.80. The standard InChI is InChI=1S/C17H20N2O2/c1-3-15-13(8-9-21-15)17(18-2)12-4-6-14-11(10-12)5-7-16(20)19-14/h4,6,8-10,17-18H,3,5,7H2,1-2H3,(H,19,20). The molecule has 1 unspecified atom stereocenters. The summed E-state index contributed by atoms with van der Waals surface area (Å²) in [6.45, 7) is 2.09. The van der Waals surface area contributed by atoms with Crippen molar-refractivity contribution >= 4 is 11.6 Å². The molecule has 1 aromatic carbocycles. The zero-order valence-electron chi connectivity index (χ0n) is 12.4. The second-order valence-electron chi connectivity index (χ2n) is 5.34. The summed E-state index contributed by atoms with van der Waals surface area (Å²) in [4.78, 5) is 11.4. The predicted octanol–water partition coefficient (Wildman–Crippen LogP) is 3.04. The average molecular weight is 284 g/mol. The van der Waals surface area contributed by atoms with Gasteiger partial charge in [0.15, 0.2) is 0 Å². The molecule has 0 fully saturated rings. The van der Waals surface area contributed by atoms with E-state index in [-0.39, 0.29) is 11.9 Å². The van der Waals surface area contributed by atoms with Crippen molar-refractivity contribution in [2.24, 2.45) is 0 Å². The molecule has 0 radical (unpaired) electrons. The smallest absolute Gasteiger partial charge is 0.224 e. The number of nitrogens with one attached hydrogen (secondary N) is 2. The largest absolute Gasteiger partial charge is 0.469 e. The summed E-state index contributed by atoms with van der Waals surface area (Å²) in [5, 5.41) is 6.29. The van der Waals surface area contributed by atoms with Crippen molar-refractivity contribution in [1.29, 1.82) is 0 Å². The van der Waals surface area contributed by atoms with Gasteiger partial charge >= 0.3 is 0 Å². The molecule has 4 heteroatoms. The first-order valence-electron chi connectivity index (χ1n) is 7.39. The molecule has 0 saturated carbocycles. The van der Waals surface area contributed by atoms with Crippen molar-refractivity contribution in [3.8, 4) is 0 Å². The summed E-state index contributed by atoms with van der Waals surface area (Å²) >= 11 is 0. The van der Waals surface area contributed by atoms with Gasteiger partial charge in [-0.1, -0.05) is 19.1 Å². The molecule has 1 atom stereocenters. The molecule has 1 aromatic heterocycles. The van der Waals surface area contributed by atoms with Gasteiger partial charge in [0.25, 0.3) is 0 Å². The molecular weight excluding hydrogens is 264 g/mol. The van der Waals surface area contributed by atoms with E-state index < -0.39 is 0 Å². The molecule has 21 heavy (non-hydrogen) atoms. The van der Waals surface area contributed by atoms with Crippen LogP contribution in [0.5, 0.6) is 0 Å². The van der Waals surface area contributed by atoms with Crippen molar-refractivity contribution in [2.45, 2.75) is 32.2 Å². The van der Waals surface area contributed by atoms with E-state index in [2.05, 4.69) is 29.7 Å². The Hall–Kier alpha value is -2.07. The van der Waals surface area contributed by atoms with Crippen molar-refractivity contribution < 1.29 is 9.21 Å². The minimum Gasteiger partial charge on any atom is -0.469 e. The summed E-state index contributed by atoms with van der Waals surface area (Å²) < 4.78 is 5.55. The molecule has 2 heterocycles. The lowest BCUT2D eigenvalue weighted by atomic mass is 9.93. The van der Waals surface area contributed by atoms with E-state index in [0.29, 0.717) is 6.42 Å².